The molecule has 28 heavy (non-hydrogen) atoms. The lowest BCUT2D eigenvalue weighted by Crippen LogP contribution is -2.37. The van der Waals surface area contributed by atoms with Crippen LogP contribution in [0.3, 0.4) is 0 Å². The fourth-order valence-electron chi connectivity index (χ4n) is 2.53. The van der Waals surface area contributed by atoms with Crippen LogP contribution in [0.2, 0.25) is 0 Å². The number of unbranched alkanes of at least 4 members (excludes halogenated alkanes) is 2. The summed E-state index contributed by atoms with van der Waals surface area (Å²) in [6.07, 6.45) is 3.58. The molecule has 5 heteroatoms. The normalized spacial score (nSPS) is 12.0. The summed E-state index contributed by atoms with van der Waals surface area (Å²) in [7, 11) is 0. The third-order valence-corrected chi connectivity index (χ3v) is 4.72. The van der Waals surface area contributed by atoms with Gasteiger partial charge < -0.3 is 14.4 Å². The summed E-state index contributed by atoms with van der Waals surface area (Å²) in [6.45, 7) is 19.5. The van der Waals surface area contributed by atoms with E-state index >= 15 is 0 Å². The van der Waals surface area contributed by atoms with Gasteiger partial charge in [-0.05, 0) is 42.7 Å². The van der Waals surface area contributed by atoms with Gasteiger partial charge in [0, 0.05) is 5.70 Å². The Morgan fingerprint density at radius 2 is 1.29 bits per heavy atom. The summed E-state index contributed by atoms with van der Waals surface area (Å²) in [5.74, 6) is -0.209. The fourth-order valence-corrected chi connectivity index (χ4v) is 2.53. The van der Waals surface area contributed by atoms with Crippen molar-refractivity contribution in [1.29, 1.82) is 0 Å². The van der Waals surface area contributed by atoms with Crippen molar-refractivity contribution in [3.63, 3.8) is 0 Å². The third-order valence-electron chi connectivity index (χ3n) is 4.72. The van der Waals surface area contributed by atoms with E-state index in [2.05, 4.69) is 34.3 Å². The van der Waals surface area contributed by atoms with Crippen LogP contribution in [-0.4, -0.2) is 43.1 Å². The largest absolute Gasteiger partial charge is 0.464 e. The van der Waals surface area contributed by atoms with Crippen LogP contribution in [0.5, 0.6) is 0 Å². The highest BCUT2D eigenvalue weighted by Gasteiger charge is 2.24. The van der Waals surface area contributed by atoms with Crippen LogP contribution in [0.25, 0.3) is 0 Å². The van der Waals surface area contributed by atoms with Gasteiger partial charge in [-0.15, -0.1) is 0 Å². The van der Waals surface area contributed by atoms with Gasteiger partial charge in [0.25, 0.3) is 0 Å². The minimum atomic E-state index is -0.333. The Morgan fingerprint density at radius 3 is 1.61 bits per heavy atom. The number of carbonyl (C=O) groups is 2. The second-order valence-electron chi connectivity index (χ2n) is 7.87. The van der Waals surface area contributed by atoms with E-state index in [1.54, 1.807) is 4.90 Å². The first-order valence-electron chi connectivity index (χ1n) is 10.6. The molecular weight excluding hydrogens is 354 g/mol. The van der Waals surface area contributed by atoms with E-state index in [9.17, 15) is 9.59 Å². The second kappa shape index (κ2) is 14.3. The van der Waals surface area contributed by atoms with E-state index < -0.39 is 0 Å². The Bertz CT molecular complexity index is 511. The van der Waals surface area contributed by atoms with Crippen molar-refractivity contribution in [2.75, 3.05) is 26.3 Å². The van der Waals surface area contributed by atoms with E-state index in [1.807, 2.05) is 20.8 Å². The molecule has 0 saturated heterocycles. The van der Waals surface area contributed by atoms with Crippen LogP contribution in [0.1, 0.15) is 74.1 Å². The summed E-state index contributed by atoms with van der Waals surface area (Å²) in [6, 6.07) is 0. The van der Waals surface area contributed by atoms with Crippen LogP contribution >= 0.6 is 0 Å². The number of ether oxygens (including phenoxy) is 2. The first-order chi connectivity index (χ1) is 13.1. The number of carbonyl (C=O) groups excluding carboxylic acids is 2. The molecule has 0 aliphatic rings. The minimum Gasteiger partial charge on any atom is -0.464 e. The summed E-state index contributed by atoms with van der Waals surface area (Å²) in [5, 5.41) is 0. The molecule has 0 atom stereocenters. The molecule has 0 heterocycles. The first kappa shape index (κ1) is 26.2. The van der Waals surface area contributed by atoms with E-state index in [0.29, 0.717) is 13.2 Å². The molecule has 0 fully saturated rings. The lowest BCUT2D eigenvalue weighted by atomic mass is 9.92. The van der Waals surface area contributed by atoms with Crippen molar-refractivity contribution < 1.29 is 19.1 Å². The van der Waals surface area contributed by atoms with Crippen molar-refractivity contribution >= 4 is 11.9 Å². The molecule has 0 aromatic rings. The van der Waals surface area contributed by atoms with E-state index in [0.717, 1.165) is 42.5 Å². The van der Waals surface area contributed by atoms with E-state index in [4.69, 9.17) is 9.47 Å². The summed E-state index contributed by atoms with van der Waals surface area (Å²) < 4.78 is 10.7. The second-order valence-corrected chi connectivity index (χ2v) is 7.87. The Kier molecular flexibility index (Phi) is 13.3. The summed E-state index contributed by atoms with van der Waals surface area (Å²) >= 11 is 0. The zero-order valence-electron chi connectivity index (χ0n) is 19.1. The Hall–Kier alpha value is -1.78. The number of nitrogens with zero attached hydrogens (tertiary/aromatic N) is 1. The maximum absolute atomic E-state index is 12.4. The average molecular weight is 396 g/mol. The maximum atomic E-state index is 12.4. The van der Waals surface area contributed by atoms with Gasteiger partial charge in [-0.25, -0.2) is 0 Å². The molecule has 0 saturated carbocycles. The predicted octanol–water partition coefficient (Wildman–Crippen LogP) is 5.12. The van der Waals surface area contributed by atoms with Gasteiger partial charge in [-0.3, -0.25) is 9.59 Å². The summed E-state index contributed by atoms with van der Waals surface area (Å²) in [4.78, 5) is 26.6. The molecular formula is C23H41NO4. The summed E-state index contributed by atoms with van der Waals surface area (Å²) in [5.41, 5.74) is 2.88. The van der Waals surface area contributed by atoms with Crippen LogP contribution in [0.4, 0.5) is 0 Å². The maximum Gasteiger partial charge on any atom is 0.325 e. The quantitative estimate of drug-likeness (QED) is 0.232. The standard InChI is InChI=1S/C23H41NO4/c1-9-11-13-27-21(25)15-24(16-22(26)28-14-12-10-2)23(19(7)17(3)4)20(8)18(5)6/h17-18H,7,9-16H2,1-6,8H3/b23-20-. The molecule has 162 valence electrons. The smallest absolute Gasteiger partial charge is 0.325 e. The average Bonchev–Trinajstić information content (AvgIpc) is 2.61. The number of allylic oxidation sites excluding steroid dienone is 2. The molecule has 0 aliphatic carbocycles. The van der Waals surface area contributed by atoms with E-state index in [1.165, 1.54) is 0 Å². The molecule has 5 nitrogen and oxygen atoms in total. The van der Waals surface area contributed by atoms with Gasteiger partial charge in [0.15, 0.2) is 0 Å². The Labute approximate surface area is 172 Å². The van der Waals surface area contributed by atoms with E-state index in [-0.39, 0.29) is 36.9 Å². The van der Waals surface area contributed by atoms with Crippen molar-refractivity contribution in [3.05, 3.63) is 23.4 Å². The lowest BCUT2D eigenvalue weighted by Gasteiger charge is -2.31. The van der Waals surface area contributed by atoms with Crippen molar-refractivity contribution in [1.82, 2.24) is 4.90 Å². The number of esters is 2. The van der Waals surface area contributed by atoms with Crippen molar-refractivity contribution in [2.45, 2.75) is 74.1 Å². The monoisotopic (exact) mass is 395 g/mol. The highest BCUT2D eigenvalue weighted by Crippen LogP contribution is 2.28. The molecule has 0 bridgehead atoms. The van der Waals surface area contributed by atoms with Crippen LogP contribution < -0.4 is 0 Å². The highest BCUT2D eigenvalue weighted by molar-refractivity contribution is 5.76. The third kappa shape index (κ3) is 9.95. The zero-order valence-corrected chi connectivity index (χ0v) is 19.1. The molecule has 0 spiro atoms. The molecule has 0 unspecified atom stereocenters. The molecule has 0 aliphatic heterocycles. The lowest BCUT2D eigenvalue weighted by molar-refractivity contribution is -0.147. The zero-order chi connectivity index (χ0) is 21.7. The number of hydrogen-bond acceptors (Lipinski definition) is 5. The molecule has 0 aromatic carbocycles. The minimum absolute atomic E-state index is 0.0116. The Morgan fingerprint density at radius 1 is 0.857 bits per heavy atom. The first-order valence-corrected chi connectivity index (χ1v) is 10.6. The Balaban J connectivity index is 5.61. The number of rotatable bonds is 14. The predicted molar refractivity (Wildman–Crippen MR) is 115 cm³/mol. The molecule has 0 radical (unpaired) electrons. The van der Waals surface area contributed by atoms with Crippen LogP contribution in [-0.2, 0) is 19.1 Å². The van der Waals surface area contributed by atoms with Crippen molar-refractivity contribution in [3.8, 4) is 0 Å². The SMILES string of the molecule is C=C(/C(=C(\C)C(C)C)N(CC(=O)OCCCC)CC(=O)OCCCC)C(C)C. The van der Waals surface area contributed by atoms with Gasteiger partial charge in [0.1, 0.15) is 13.1 Å². The van der Waals surface area contributed by atoms with Gasteiger partial charge in [-0.1, -0.05) is 61.0 Å². The number of hydrogen-bond donors (Lipinski definition) is 0. The molecule has 0 amide bonds. The van der Waals surface area contributed by atoms with Gasteiger partial charge in [0.2, 0.25) is 0 Å². The van der Waals surface area contributed by atoms with Gasteiger partial charge >= 0.3 is 11.9 Å². The van der Waals surface area contributed by atoms with Gasteiger partial charge in [-0.2, -0.15) is 0 Å². The van der Waals surface area contributed by atoms with Crippen molar-refractivity contribution in [2.24, 2.45) is 11.8 Å². The molecule has 0 N–H and O–H groups in total. The van der Waals surface area contributed by atoms with Gasteiger partial charge in [0.05, 0.1) is 13.2 Å². The fraction of sp³-hybridized carbons (Fsp3) is 0.739. The topological polar surface area (TPSA) is 55.8 Å². The van der Waals surface area contributed by atoms with Crippen LogP contribution in [0, 0.1) is 11.8 Å². The van der Waals surface area contributed by atoms with Crippen LogP contribution in [0.15, 0.2) is 23.4 Å². The molecule has 0 aromatic heterocycles. The molecule has 0 rings (SSSR count). The highest BCUT2D eigenvalue weighted by atomic mass is 16.5.